The lowest BCUT2D eigenvalue weighted by atomic mass is 10.0. The number of hydrogen-bond donors (Lipinski definition) is 3. The summed E-state index contributed by atoms with van der Waals surface area (Å²) in [6.07, 6.45) is 4.13. The van der Waals surface area contributed by atoms with E-state index in [1.54, 1.807) is 7.05 Å². The minimum Gasteiger partial charge on any atom is -0.380 e. The van der Waals surface area contributed by atoms with Crippen LogP contribution < -0.4 is 16.0 Å². The van der Waals surface area contributed by atoms with Crippen LogP contribution in [0, 0.1) is 5.92 Å². The highest BCUT2D eigenvalue weighted by molar-refractivity contribution is 5.79. The summed E-state index contributed by atoms with van der Waals surface area (Å²) in [5, 5.41) is 10.4. The number of nitrogens with zero attached hydrogens (tertiary/aromatic N) is 2. The highest BCUT2D eigenvalue weighted by Crippen LogP contribution is 2.11. The summed E-state index contributed by atoms with van der Waals surface area (Å²) in [5.74, 6) is 1.35. The van der Waals surface area contributed by atoms with Crippen molar-refractivity contribution in [2.45, 2.75) is 26.4 Å². The summed E-state index contributed by atoms with van der Waals surface area (Å²) < 4.78 is 2.15. The SMILES string of the molecule is CN=C(NCCn1cccc1)NCC(Nc1ccccc1)C(C)C. The Morgan fingerprint density at radius 3 is 2.38 bits per heavy atom. The summed E-state index contributed by atoms with van der Waals surface area (Å²) in [4.78, 5) is 4.30. The normalized spacial score (nSPS) is 12.9. The molecule has 0 saturated heterocycles. The molecule has 1 aromatic heterocycles. The molecule has 0 fully saturated rings. The number of nitrogens with one attached hydrogen (secondary N) is 3. The Morgan fingerprint density at radius 2 is 1.75 bits per heavy atom. The van der Waals surface area contributed by atoms with Crippen molar-refractivity contribution in [3.05, 3.63) is 54.9 Å². The van der Waals surface area contributed by atoms with Crippen molar-refractivity contribution in [1.82, 2.24) is 15.2 Å². The van der Waals surface area contributed by atoms with E-state index in [-0.39, 0.29) is 0 Å². The fraction of sp³-hybridized carbons (Fsp3) is 0.421. The zero-order valence-corrected chi connectivity index (χ0v) is 14.9. The van der Waals surface area contributed by atoms with Crippen molar-refractivity contribution in [3.63, 3.8) is 0 Å². The average Bonchev–Trinajstić information content (AvgIpc) is 3.10. The second-order valence-corrected chi connectivity index (χ2v) is 6.16. The molecule has 0 bridgehead atoms. The first-order valence-corrected chi connectivity index (χ1v) is 8.56. The van der Waals surface area contributed by atoms with Gasteiger partial charge < -0.3 is 20.5 Å². The van der Waals surface area contributed by atoms with E-state index in [9.17, 15) is 0 Å². The summed E-state index contributed by atoms with van der Waals surface area (Å²) in [6, 6.07) is 14.7. The van der Waals surface area contributed by atoms with E-state index >= 15 is 0 Å². The summed E-state index contributed by atoms with van der Waals surface area (Å²) in [7, 11) is 1.81. The van der Waals surface area contributed by atoms with E-state index in [2.05, 4.69) is 76.0 Å². The molecule has 0 amide bonds. The highest BCUT2D eigenvalue weighted by atomic mass is 15.2. The third kappa shape index (κ3) is 5.99. The van der Waals surface area contributed by atoms with E-state index in [4.69, 9.17) is 0 Å². The molecule has 5 nitrogen and oxygen atoms in total. The standard InChI is InChI=1S/C19H29N5/c1-16(2)18(23-17-9-5-4-6-10-17)15-22-19(20-3)21-11-14-24-12-7-8-13-24/h4-10,12-13,16,18,23H,11,14-15H2,1-3H3,(H2,20,21,22). The van der Waals surface area contributed by atoms with Crippen molar-refractivity contribution < 1.29 is 0 Å². The molecule has 0 aliphatic carbocycles. The topological polar surface area (TPSA) is 53.4 Å². The Morgan fingerprint density at radius 1 is 1.04 bits per heavy atom. The number of benzene rings is 1. The van der Waals surface area contributed by atoms with Gasteiger partial charge in [-0.25, -0.2) is 0 Å². The molecular formula is C19H29N5. The third-order valence-electron chi connectivity index (χ3n) is 3.97. The summed E-state index contributed by atoms with van der Waals surface area (Å²) in [6.45, 7) is 7.03. The highest BCUT2D eigenvalue weighted by Gasteiger charge is 2.13. The molecule has 0 saturated carbocycles. The van der Waals surface area contributed by atoms with Crippen LogP contribution in [0.5, 0.6) is 0 Å². The lowest BCUT2D eigenvalue weighted by Gasteiger charge is -2.25. The van der Waals surface area contributed by atoms with Crippen LogP contribution in [0.3, 0.4) is 0 Å². The van der Waals surface area contributed by atoms with Gasteiger partial charge in [-0.2, -0.15) is 0 Å². The number of anilines is 1. The molecule has 1 atom stereocenters. The Kier molecular flexibility index (Phi) is 7.21. The molecular weight excluding hydrogens is 298 g/mol. The molecule has 1 unspecified atom stereocenters. The largest absolute Gasteiger partial charge is 0.380 e. The van der Waals surface area contributed by atoms with Crippen LogP contribution in [0.2, 0.25) is 0 Å². The predicted molar refractivity (Wildman–Crippen MR) is 102 cm³/mol. The van der Waals surface area contributed by atoms with Gasteiger partial charge in [0.1, 0.15) is 0 Å². The zero-order chi connectivity index (χ0) is 17.2. The first-order valence-electron chi connectivity index (χ1n) is 8.56. The van der Waals surface area contributed by atoms with Crippen LogP contribution >= 0.6 is 0 Å². The molecule has 24 heavy (non-hydrogen) atoms. The van der Waals surface area contributed by atoms with Crippen molar-refractivity contribution >= 4 is 11.6 Å². The maximum absolute atomic E-state index is 4.30. The number of aliphatic imine (C=N–C) groups is 1. The first-order chi connectivity index (χ1) is 11.7. The van der Waals surface area contributed by atoms with Gasteiger partial charge >= 0.3 is 0 Å². The van der Waals surface area contributed by atoms with Crippen LogP contribution in [-0.4, -0.2) is 36.7 Å². The summed E-state index contributed by atoms with van der Waals surface area (Å²) >= 11 is 0. The smallest absolute Gasteiger partial charge is 0.191 e. The van der Waals surface area contributed by atoms with Gasteiger partial charge in [-0.3, -0.25) is 4.99 Å². The van der Waals surface area contributed by atoms with Gasteiger partial charge in [-0.05, 0) is 30.2 Å². The van der Waals surface area contributed by atoms with Gasteiger partial charge in [0.25, 0.3) is 0 Å². The average molecular weight is 327 g/mol. The second kappa shape index (κ2) is 9.65. The first kappa shape index (κ1) is 17.9. The molecule has 1 aromatic carbocycles. The molecule has 0 radical (unpaired) electrons. The number of guanidine groups is 1. The van der Waals surface area contributed by atoms with E-state index in [0.717, 1.165) is 31.3 Å². The summed E-state index contributed by atoms with van der Waals surface area (Å²) in [5.41, 5.74) is 1.15. The van der Waals surface area contributed by atoms with E-state index in [1.807, 2.05) is 18.2 Å². The number of rotatable bonds is 8. The molecule has 2 aromatic rings. The molecule has 0 spiro atoms. The van der Waals surface area contributed by atoms with Crippen LogP contribution in [0.4, 0.5) is 5.69 Å². The van der Waals surface area contributed by atoms with Gasteiger partial charge in [0.2, 0.25) is 0 Å². The zero-order valence-electron chi connectivity index (χ0n) is 14.9. The maximum Gasteiger partial charge on any atom is 0.191 e. The Bertz CT molecular complexity index is 589. The van der Waals surface area contributed by atoms with Crippen molar-refractivity contribution in [3.8, 4) is 0 Å². The van der Waals surface area contributed by atoms with Gasteiger partial charge in [0, 0.05) is 50.8 Å². The lowest BCUT2D eigenvalue weighted by molar-refractivity contribution is 0.512. The van der Waals surface area contributed by atoms with Crippen LogP contribution in [0.1, 0.15) is 13.8 Å². The maximum atomic E-state index is 4.30. The predicted octanol–water partition coefficient (Wildman–Crippen LogP) is 2.79. The Labute approximate surface area is 145 Å². The second-order valence-electron chi connectivity index (χ2n) is 6.16. The van der Waals surface area contributed by atoms with Crippen LogP contribution in [0.25, 0.3) is 0 Å². The van der Waals surface area contributed by atoms with Crippen molar-refractivity contribution in [1.29, 1.82) is 0 Å². The monoisotopic (exact) mass is 327 g/mol. The van der Waals surface area contributed by atoms with E-state index in [0.29, 0.717) is 12.0 Å². The molecule has 1 heterocycles. The van der Waals surface area contributed by atoms with Crippen LogP contribution in [0.15, 0.2) is 59.9 Å². The fourth-order valence-corrected chi connectivity index (χ4v) is 2.45. The van der Waals surface area contributed by atoms with Crippen molar-refractivity contribution in [2.75, 3.05) is 25.5 Å². The Hall–Kier alpha value is -2.43. The third-order valence-corrected chi connectivity index (χ3v) is 3.97. The quantitative estimate of drug-likeness (QED) is 0.516. The molecule has 0 aliphatic heterocycles. The molecule has 0 aliphatic rings. The van der Waals surface area contributed by atoms with Gasteiger partial charge in [0.15, 0.2) is 5.96 Å². The lowest BCUT2D eigenvalue weighted by Crippen LogP contribution is -2.45. The number of hydrogen-bond acceptors (Lipinski definition) is 2. The molecule has 130 valence electrons. The van der Waals surface area contributed by atoms with Crippen LogP contribution in [-0.2, 0) is 6.54 Å². The van der Waals surface area contributed by atoms with Gasteiger partial charge in [0.05, 0.1) is 0 Å². The van der Waals surface area contributed by atoms with E-state index < -0.39 is 0 Å². The number of aromatic nitrogens is 1. The Balaban J connectivity index is 1.78. The van der Waals surface area contributed by atoms with Gasteiger partial charge in [-0.1, -0.05) is 32.0 Å². The number of para-hydroxylation sites is 1. The minimum atomic E-state index is 0.329. The van der Waals surface area contributed by atoms with Gasteiger partial charge in [-0.15, -0.1) is 0 Å². The van der Waals surface area contributed by atoms with Crippen molar-refractivity contribution in [2.24, 2.45) is 10.9 Å². The molecule has 5 heteroatoms. The minimum absolute atomic E-state index is 0.329. The molecule has 3 N–H and O–H groups in total. The molecule has 2 rings (SSSR count). The fourth-order valence-electron chi connectivity index (χ4n) is 2.45. The van der Waals surface area contributed by atoms with E-state index in [1.165, 1.54) is 0 Å².